The second-order valence-electron chi connectivity index (χ2n) is 5.59. The Morgan fingerprint density at radius 1 is 1.00 bits per heavy atom. The molecule has 2 rings (SSSR count). The monoisotopic (exact) mass is 382 g/mol. The van der Waals surface area contributed by atoms with E-state index >= 15 is 0 Å². The number of anilines is 1. The molecule has 2 aromatic rings. The van der Waals surface area contributed by atoms with Crippen molar-refractivity contribution >= 4 is 17.5 Å². The van der Waals surface area contributed by atoms with Gasteiger partial charge in [-0.25, -0.2) is 0 Å². The van der Waals surface area contributed by atoms with Gasteiger partial charge in [-0.05, 0) is 29.8 Å². The van der Waals surface area contributed by atoms with E-state index < -0.39 is 35.7 Å². The van der Waals surface area contributed by atoms with Gasteiger partial charge in [0.05, 0.1) is 13.7 Å². The first-order valence-corrected chi connectivity index (χ1v) is 7.75. The van der Waals surface area contributed by atoms with Crippen molar-refractivity contribution in [3.63, 3.8) is 0 Å². The zero-order chi connectivity index (χ0) is 20.1. The molecule has 0 aromatic heterocycles. The molecule has 0 radical (unpaired) electrons. The molecule has 0 aliphatic carbocycles. The molecule has 2 amide bonds. The summed E-state index contributed by atoms with van der Waals surface area (Å²) in [5.41, 5.74) is -3.52. The highest BCUT2D eigenvalue weighted by Gasteiger charge is 2.55. The van der Waals surface area contributed by atoms with Gasteiger partial charge in [0.15, 0.2) is 0 Å². The van der Waals surface area contributed by atoms with E-state index in [1.807, 2.05) is 5.32 Å². The third-order valence-electron chi connectivity index (χ3n) is 3.78. The van der Waals surface area contributed by atoms with Gasteiger partial charge in [0, 0.05) is 5.69 Å². The smallest absolute Gasteiger partial charge is 0.423 e. The van der Waals surface area contributed by atoms with Gasteiger partial charge in [-0.15, -0.1) is 0 Å². The maximum absolute atomic E-state index is 13.3. The van der Waals surface area contributed by atoms with E-state index in [0.29, 0.717) is 5.75 Å². The fourth-order valence-electron chi connectivity index (χ4n) is 2.23. The Labute approximate surface area is 153 Å². The number of hydrogen-bond donors (Lipinski definition) is 3. The Kier molecular flexibility index (Phi) is 6.06. The largest absolute Gasteiger partial charge is 0.497 e. The lowest BCUT2D eigenvalue weighted by molar-refractivity contribution is -0.264. The lowest BCUT2D eigenvalue weighted by Gasteiger charge is -2.31. The number of halogens is 3. The highest BCUT2D eigenvalue weighted by atomic mass is 19.4. The molecule has 1 unspecified atom stereocenters. The van der Waals surface area contributed by atoms with Crippen molar-refractivity contribution in [3.8, 4) is 5.75 Å². The summed E-state index contributed by atoms with van der Waals surface area (Å²) < 4.78 is 45.0. The maximum Gasteiger partial charge on any atom is 0.423 e. The van der Waals surface area contributed by atoms with Crippen LogP contribution in [0.1, 0.15) is 5.56 Å². The van der Waals surface area contributed by atoms with Crippen molar-refractivity contribution < 1.29 is 32.6 Å². The number of rotatable bonds is 5. The molecule has 0 bridgehead atoms. The minimum absolute atomic E-state index is 0.255. The van der Waals surface area contributed by atoms with Gasteiger partial charge in [-0.2, -0.15) is 13.2 Å². The molecule has 0 aliphatic rings. The predicted octanol–water partition coefficient (Wildman–Crippen LogP) is 2.20. The van der Waals surface area contributed by atoms with E-state index in [1.165, 1.54) is 49.6 Å². The van der Waals surface area contributed by atoms with Crippen LogP contribution < -0.4 is 15.4 Å². The summed E-state index contributed by atoms with van der Waals surface area (Å²) in [6.07, 6.45) is -5.06. The molecule has 144 valence electrons. The molecular weight excluding hydrogens is 365 g/mol. The standard InChI is InChI=1S/C18H17F3N2O4/c1-27-14-9-7-13(8-10-14)23-16(25)15(24)22-11-17(26,18(19,20)21)12-5-3-2-4-6-12/h2-10,26H,11H2,1H3,(H,22,24)(H,23,25). The van der Waals surface area contributed by atoms with E-state index in [0.717, 1.165) is 12.1 Å². The quantitative estimate of drug-likeness (QED) is 0.692. The number of nitrogens with one attached hydrogen (secondary N) is 2. The Morgan fingerprint density at radius 2 is 1.59 bits per heavy atom. The van der Waals surface area contributed by atoms with Gasteiger partial charge in [-0.1, -0.05) is 30.3 Å². The van der Waals surface area contributed by atoms with E-state index in [4.69, 9.17) is 4.74 Å². The number of carbonyl (C=O) groups excluding carboxylic acids is 2. The zero-order valence-corrected chi connectivity index (χ0v) is 14.2. The molecule has 0 saturated heterocycles. The summed E-state index contributed by atoms with van der Waals surface area (Å²) in [7, 11) is 1.45. The molecule has 3 N–H and O–H groups in total. The molecule has 0 saturated carbocycles. The van der Waals surface area contributed by atoms with Crippen LogP contribution in [0.15, 0.2) is 54.6 Å². The van der Waals surface area contributed by atoms with Crippen LogP contribution in [0.2, 0.25) is 0 Å². The summed E-state index contributed by atoms with van der Waals surface area (Å²) in [6, 6.07) is 12.3. The van der Waals surface area contributed by atoms with Crippen LogP contribution in [0.5, 0.6) is 5.75 Å². The number of amides is 2. The number of carbonyl (C=O) groups is 2. The van der Waals surface area contributed by atoms with Crippen molar-refractivity contribution in [1.29, 1.82) is 0 Å². The first-order chi connectivity index (χ1) is 12.7. The van der Waals surface area contributed by atoms with Crippen LogP contribution in [0.4, 0.5) is 18.9 Å². The average Bonchev–Trinajstić information content (AvgIpc) is 2.66. The Bertz CT molecular complexity index is 795. The second kappa shape index (κ2) is 8.09. The number of methoxy groups -OCH3 is 1. The van der Waals surface area contributed by atoms with Crippen molar-refractivity contribution in [2.75, 3.05) is 19.0 Å². The highest BCUT2D eigenvalue weighted by molar-refractivity contribution is 6.39. The molecule has 27 heavy (non-hydrogen) atoms. The fourth-order valence-corrected chi connectivity index (χ4v) is 2.23. The molecule has 9 heteroatoms. The van der Waals surface area contributed by atoms with Crippen molar-refractivity contribution in [2.24, 2.45) is 0 Å². The zero-order valence-electron chi connectivity index (χ0n) is 14.2. The topological polar surface area (TPSA) is 87.7 Å². The molecule has 0 aliphatic heterocycles. The number of ether oxygens (including phenoxy) is 1. The van der Waals surface area contributed by atoms with Gasteiger partial charge in [-0.3, -0.25) is 9.59 Å². The van der Waals surface area contributed by atoms with Gasteiger partial charge >= 0.3 is 18.0 Å². The van der Waals surface area contributed by atoms with Gasteiger partial charge in [0.25, 0.3) is 0 Å². The first kappa shape index (κ1) is 20.2. The number of hydrogen-bond acceptors (Lipinski definition) is 4. The highest BCUT2D eigenvalue weighted by Crippen LogP contribution is 2.38. The molecule has 0 fully saturated rings. The van der Waals surface area contributed by atoms with E-state index in [9.17, 15) is 27.9 Å². The maximum atomic E-state index is 13.3. The Hall–Kier alpha value is -3.07. The summed E-state index contributed by atoms with van der Waals surface area (Å²) in [6.45, 7) is -1.21. The normalized spacial score (nSPS) is 13.4. The van der Waals surface area contributed by atoms with Crippen LogP contribution in [0.3, 0.4) is 0 Å². The number of benzene rings is 2. The number of aliphatic hydroxyl groups is 1. The molecule has 1 atom stereocenters. The molecule has 0 heterocycles. The van der Waals surface area contributed by atoms with Crippen LogP contribution in [0.25, 0.3) is 0 Å². The summed E-state index contributed by atoms with van der Waals surface area (Å²) in [5, 5.41) is 14.2. The third-order valence-corrected chi connectivity index (χ3v) is 3.78. The fraction of sp³-hybridized carbons (Fsp3) is 0.222. The second-order valence-corrected chi connectivity index (χ2v) is 5.59. The van der Waals surface area contributed by atoms with Gasteiger partial charge < -0.3 is 20.5 Å². The third kappa shape index (κ3) is 4.76. The predicted molar refractivity (Wildman–Crippen MR) is 91.0 cm³/mol. The SMILES string of the molecule is COc1ccc(NC(=O)C(=O)NCC(O)(c2ccccc2)C(F)(F)F)cc1. The van der Waals surface area contributed by atoms with Gasteiger partial charge in [0.1, 0.15) is 5.75 Å². The summed E-state index contributed by atoms with van der Waals surface area (Å²) in [5.74, 6) is -1.96. The summed E-state index contributed by atoms with van der Waals surface area (Å²) in [4.78, 5) is 23.7. The lowest BCUT2D eigenvalue weighted by atomic mass is 9.93. The van der Waals surface area contributed by atoms with Crippen LogP contribution >= 0.6 is 0 Å². The lowest BCUT2D eigenvalue weighted by Crippen LogP contribution is -2.52. The average molecular weight is 382 g/mol. The van der Waals surface area contributed by atoms with E-state index in [-0.39, 0.29) is 5.69 Å². The Morgan fingerprint density at radius 3 is 2.11 bits per heavy atom. The van der Waals surface area contributed by atoms with Crippen molar-refractivity contribution in [1.82, 2.24) is 5.32 Å². The van der Waals surface area contributed by atoms with Crippen molar-refractivity contribution in [3.05, 3.63) is 60.2 Å². The van der Waals surface area contributed by atoms with Gasteiger partial charge in [0.2, 0.25) is 5.60 Å². The minimum Gasteiger partial charge on any atom is -0.497 e. The molecule has 2 aromatic carbocycles. The van der Waals surface area contributed by atoms with Crippen molar-refractivity contribution in [2.45, 2.75) is 11.8 Å². The molecular formula is C18H17F3N2O4. The van der Waals surface area contributed by atoms with Crippen LogP contribution in [-0.4, -0.2) is 36.8 Å². The molecule has 6 nitrogen and oxygen atoms in total. The Balaban J connectivity index is 2.05. The minimum atomic E-state index is -5.06. The summed E-state index contributed by atoms with van der Waals surface area (Å²) >= 11 is 0. The van der Waals surface area contributed by atoms with Crippen LogP contribution in [0, 0.1) is 0 Å². The van der Waals surface area contributed by atoms with E-state index in [1.54, 1.807) is 0 Å². The molecule has 0 spiro atoms. The number of alkyl halides is 3. The van der Waals surface area contributed by atoms with E-state index in [2.05, 4.69) is 5.32 Å². The first-order valence-electron chi connectivity index (χ1n) is 7.75. The van der Waals surface area contributed by atoms with Crippen LogP contribution in [-0.2, 0) is 15.2 Å².